The second kappa shape index (κ2) is 9.50. The molecule has 0 unspecified atom stereocenters. The van der Waals surface area contributed by atoms with Gasteiger partial charge in [0.15, 0.2) is 0 Å². The summed E-state index contributed by atoms with van der Waals surface area (Å²) >= 11 is 0. The van der Waals surface area contributed by atoms with Gasteiger partial charge in [0.1, 0.15) is 11.5 Å². The van der Waals surface area contributed by atoms with Gasteiger partial charge in [0.2, 0.25) is 5.91 Å². The van der Waals surface area contributed by atoms with Gasteiger partial charge < -0.3 is 19.1 Å². The Kier molecular flexibility index (Phi) is 7.66. The number of esters is 1. The summed E-state index contributed by atoms with van der Waals surface area (Å²) in [5.74, 6) is 0.794. The monoisotopic (exact) mass is 321 g/mol. The van der Waals surface area contributed by atoms with Gasteiger partial charge in [0, 0.05) is 25.2 Å². The van der Waals surface area contributed by atoms with Crippen molar-refractivity contribution in [3.63, 3.8) is 0 Å². The fraction of sp³-hybridized carbons (Fsp3) is 0.412. The van der Waals surface area contributed by atoms with Crippen LogP contribution >= 0.6 is 0 Å². The summed E-state index contributed by atoms with van der Waals surface area (Å²) in [6.45, 7) is 2.39. The molecule has 1 aromatic carbocycles. The Balaban J connectivity index is 2.68. The zero-order valence-electron chi connectivity index (χ0n) is 14.0. The smallest absolute Gasteiger partial charge is 0.307 e. The standard InChI is InChI=1S/C17H23NO5/c1-5-23-17(20)10-11-18(2)16(19)9-6-13-12-14(21-3)7-8-15(13)22-4/h6-9,12H,5,10-11H2,1-4H3/b9-6+. The van der Waals surface area contributed by atoms with Gasteiger partial charge in [-0.1, -0.05) is 0 Å². The van der Waals surface area contributed by atoms with Crippen LogP contribution in [0.1, 0.15) is 18.9 Å². The Morgan fingerprint density at radius 2 is 1.96 bits per heavy atom. The second-order valence-electron chi connectivity index (χ2n) is 4.76. The summed E-state index contributed by atoms with van der Waals surface area (Å²) in [4.78, 5) is 24.8. The van der Waals surface area contributed by atoms with Gasteiger partial charge in [-0.2, -0.15) is 0 Å². The van der Waals surface area contributed by atoms with E-state index in [1.54, 1.807) is 52.5 Å². The first-order valence-corrected chi connectivity index (χ1v) is 7.32. The Morgan fingerprint density at radius 1 is 1.22 bits per heavy atom. The molecule has 0 N–H and O–H groups in total. The summed E-state index contributed by atoms with van der Waals surface area (Å²) in [7, 11) is 4.77. The van der Waals surface area contributed by atoms with Gasteiger partial charge >= 0.3 is 5.97 Å². The van der Waals surface area contributed by atoms with E-state index in [4.69, 9.17) is 14.2 Å². The van der Waals surface area contributed by atoms with E-state index in [-0.39, 0.29) is 18.3 Å². The number of carbonyl (C=O) groups is 2. The molecule has 0 aliphatic rings. The molecule has 1 rings (SSSR count). The normalized spacial score (nSPS) is 10.4. The number of methoxy groups -OCH3 is 2. The SMILES string of the molecule is CCOC(=O)CCN(C)C(=O)/C=C/c1cc(OC)ccc1OC. The van der Waals surface area contributed by atoms with Gasteiger partial charge in [-0.3, -0.25) is 9.59 Å². The van der Waals surface area contributed by atoms with Crippen LogP contribution in [0.2, 0.25) is 0 Å². The topological polar surface area (TPSA) is 65.1 Å². The van der Waals surface area contributed by atoms with Crippen LogP contribution in [-0.4, -0.2) is 51.2 Å². The first-order chi connectivity index (χ1) is 11.0. The molecule has 0 fully saturated rings. The fourth-order valence-electron chi connectivity index (χ4n) is 1.86. The third kappa shape index (κ3) is 6.02. The molecule has 23 heavy (non-hydrogen) atoms. The Labute approximate surface area is 136 Å². The van der Waals surface area contributed by atoms with E-state index in [9.17, 15) is 9.59 Å². The Hall–Kier alpha value is -2.50. The van der Waals surface area contributed by atoms with E-state index in [1.165, 1.54) is 11.0 Å². The maximum atomic E-state index is 12.1. The molecule has 6 nitrogen and oxygen atoms in total. The van der Waals surface area contributed by atoms with E-state index < -0.39 is 0 Å². The van der Waals surface area contributed by atoms with Crippen LogP contribution in [0.15, 0.2) is 24.3 Å². The second-order valence-corrected chi connectivity index (χ2v) is 4.76. The fourth-order valence-corrected chi connectivity index (χ4v) is 1.86. The lowest BCUT2D eigenvalue weighted by atomic mass is 10.1. The van der Waals surface area contributed by atoms with Gasteiger partial charge in [0.25, 0.3) is 0 Å². The number of benzene rings is 1. The Morgan fingerprint density at radius 3 is 2.57 bits per heavy atom. The summed E-state index contributed by atoms with van der Waals surface area (Å²) < 4.78 is 15.2. The van der Waals surface area contributed by atoms with Crippen LogP contribution in [0.4, 0.5) is 0 Å². The summed E-state index contributed by atoms with van der Waals surface area (Å²) in [5.41, 5.74) is 0.735. The minimum Gasteiger partial charge on any atom is -0.497 e. The van der Waals surface area contributed by atoms with Crippen LogP contribution < -0.4 is 9.47 Å². The molecule has 0 heterocycles. The number of amides is 1. The van der Waals surface area contributed by atoms with Gasteiger partial charge in [-0.05, 0) is 31.2 Å². The lowest BCUT2D eigenvalue weighted by molar-refractivity contribution is -0.143. The van der Waals surface area contributed by atoms with E-state index >= 15 is 0 Å². The number of hydrogen-bond acceptors (Lipinski definition) is 5. The van der Waals surface area contributed by atoms with Crippen molar-refractivity contribution in [2.45, 2.75) is 13.3 Å². The molecule has 0 radical (unpaired) electrons. The van der Waals surface area contributed by atoms with Crippen molar-refractivity contribution in [1.29, 1.82) is 0 Å². The number of carbonyl (C=O) groups excluding carboxylic acids is 2. The summed E-state index contributed by atoms with van der Waals surface area (Å²) in [6.07, 6.45) is 3.26. The highest BCUT2D eigenvalue weighted by Crippen LogP contribution is 2.25. The zero-order valence-corrected chi connectivity index (χ0v) is 14.0. The summed E-state index contributed by atoms with van der Waals surface area (Å²) in [5, 5.41) is 0. The van der Waals surface area contributed by atoms with Crippen molar-refractivity contribution in [3.8, 4) is 11.5 Å². The summed E-state index contributed by atoms with van der Waals surface area (Å²) in [6, 6.07) is 5.33. The predicted octanol–water partition coefficient (Wildman–Crippen LogP) is 2.13. The molecule has 0 atom stereocenters. The highest BCUT2D eigenvalue weighted by atomic mass is 16.5. The number of rotatable bonds is 8. The molecule has 126 valence electrons. The molecule has 0 bridgehead atoms. The van der Waals surface area contributed by atoms with Crippen molar-refractivity contribution < 1.29 is 23.8 Å². The number of nitrogens with zero attached hydrogens (tertiary/aromatic N) is 1. The molecule has 6 heteroatoms. The van der Waals surface area contributed by atoms with E-state index in [2.05, 4.69) is 0 Å². The van der Waals surface area contributed by atoms with Crippen molar-refractivity contribution in [2.24, 2.45) is 0 Å². The molecule has 0 saturated heterocycles. The first-order valence-electron chi connectivity index (χ1n) is 7.32. The number of likely N-dealkylation sites (N-methyl/N-ethyl adjacent to an activating group) is 1. The minimum absolute atomic E-state index is 0.173. The van der Waals surface area contributed by atoms with E-state index in [0.717, 1.165) is 5.56 Å². The maximum absolute atomic E-state index is 12.1. The average Bonchev–Trinajstić information content (AvgIpc) is 2.57. The third-order valence-electron chi connectivity index (χ3n) is 3.18. The van der Waals surface area contributed by atoms with Crippen LogP contribution in [0.5, 0.6) is 11.5 Å². The van der Waals surface area contributed by atoms with Crippen LogP contribution in [0, 0.1) is 0 Å². The largest absolute Gasteiger partial charge is 0.497 e. The molecule has 0 aromatic heterocycles. The van der Waals surface area contributed by atoms with Crippen LogP contribution in [0.25, 0.3) is 6.08 Å². The molecule has 1 amide bonds. The van der Waals surface area contributed by atoms with Crippen molar-refractivity contribution in [1.82, 2.24) is 4.90 Å². The minimum atomic E-state index is -0.314. The van der Waals surface area contributed by atoms with Crippen molar-refractivity contribution in [2.75, 3.05) is 34.4 Å². The van der Waals surface area contributed by atoms with E-state index in [0.29, 0.717) is 24.7 Å². The molecule has 1 aromatic rings. The molecular formula is C17H23NO5. The zero-order chi connectivity index (χ0) is 17.2. The highest BCUT2D eigenvalue weighted by Gasteiger charge is 2.09. The number of hydrogen-bond donors (Lipinski definition) is 0. The molecule has 0 saturated carbocycles. The first kappa shape index (κ1) is 18.5. The van der Waals surface area contributed by atoms with Gasteiger partial charge in [-0.15, -0.1) is 0 Å². The molecule has 0 spiro atoms. The highest BCUT2D eigenvalue weighted by molar-refractivity contribution is 5.92. The lowest BCUT2D eigenvalue weighted by Crippen LogP contribution is -2.27. The average molecular weight is 321 g/mol. The Bertz CT molecular complexity index is 568. The predicted molar refractivity (Wildman–Crippen MR) is 87.5 cm³/mol. The number of ether oxygens (including phenoxy) is 3. The van der Waals surface area contributed by atoms with E-state index in [1.807, 2.05) is 0 Å². The lowest BCUT2D eigenvalue weighted by Gasteiger charge is -2.14. The molecule has 0 aliphatic carbocycles. The molecular weight excluding hydrogens is 298 g/mol. The maximum Gasteiger partial charge on any atom is 0.307 e. The van der Waals surface area contributed by atoms with Gasteiger partial charge in [0.05, 0.1) is 27.2 Å². The van der Waals surface area contributed by atoms with Crippen molar-refractivity contribution in [3.05, 3.63) is 29.8 Å². The van der Waals surface area contributed by atoms with Crippen LogP contribution in [0.3, 0.4) is 0 Å². The van der Waals surface area contributed by atoms with Crippen LogP contribution in [-0.2, 0) is 14.3 Å². The molecule has 0 aliphatic heterocycles. The van der Waals surface area contributed by atoms with Crippen molar-refractivity contribution >= 4 is 18.0 Å². The third-order valence-corrected chi connectivity index (χ3v) is 3.18. The van der Waals surface area contributed by atoms with Gasteiger partial charge in [-0.25, -0.2) is 0 Å². The quantitative estimate of drug-likeness (QED) is 0.542.